The Balaban J connectivity index is 1.31. The van der Waals surface area contributed by atoms with Gasteiger partial charge in [0.25, 0.3) is 5.56 Å². The summed E-state index contributed by atoms with van der Waals surface area (Å²) >= 11 is 0. The number of rotatable bonds is 9. The van der Waals surface area contributed by atoms with E-state index < -0.39 is 0 Å². The summed E-state index contributed by atoms with van der Waals surface area (Å²) in [5.41, 5.74) is 4.01. The molecule has 1 aromatic heterocycles. The molecule has 0 radical (unpaired) electrons. The Bertz CT molecular complexity index is 1100. The molecule has 33 heavy (non-hydrogen) atoms. The molecule has 1 aliphatic heterocycles. The second kappa shape index (κ2) is 11.1. The Morgan fingerprint density at radius 1 is 0.970 bits per heavy atom. The van der Waals surface area contributed by atoms with Crippen LogP contribution in [0, 0.1) is 0 Å². The normalized spacial score (nSPS) is 14.8. The maximum atomic E-state index is 12.5. The van der Waals surface area contributed by atoms with E-state index in [1.807, 2.05) is 30.3 Å². The van der Waals surface area contributed by atoms with Gasteiger partial charge in [0, 0.05) is 38.8 Å². The molecule has 1 aliphatic rings. The molecule has 0 aliphatic carbocycles. The molecular weight excluding hydrogens is 412 g/mol. The van der Waals surface area contributed by atoms with E-state index in [1.54, 1.807) is 6.20 Å². The van der Waals surface area contributed by atoms with Crippen LogP contribution in [0.15, 0.2) is 78.2 Å². The molecule has 1 saturated heterocycles. The number of likely N-dealkylation sites (N-methyl/N-ethyl adjacent to an activating group) is 1. The zero-order chi connectivity index (χ0) is 23.0. The van der Waals surface area contributed by atoms with Gasteiger partial charge in [-0.25, -0.2) is 4.68 Å². The zero-order valence-electron chi connectivity index (χ0n) is 19.3. The van der Waals surface area contributed by atoms with Gasteiger partial charge in [-0.3, -0.25) is 9.69 Å². The van der Waals surface area contributed by atoms with Gasteiger partial charge in [0.15, 0.2) is 0 Å². The van der Waals surface area contributed by atoms with Crippen LogP contribution in [0.4, 0.5) is 0 Å². The minimum Gasteiger partial charge on any atom is -0.487 e. The van der Waals surface area contributed by atoms with Crippen molar-refractivity contribution in [2.45, 2.75) is 26.6 Å². The van der Waals surface area contributed by atoms with E-state index in [0.717, 1.165) is 56.0 Å². The van der Waals surface area contributed by atoms with E-state index >= 15 is 0 Å². The molecule has 0 saturated carbocycles. The third-order valence-electron chi connectivity index (χ3n) is 6.11. The predicted molar refractivity (Wildman–Crippen MR) is 132 cm³/mol. The summed E-state index contributed by atoms with van der Waals surface area (Å²) in [5, 5.41) is 4.27. The highest BCUT2D eigenvalue weighted by molar-refractivity contribution is 5.63. The fourth-order valence-electron chi connectivity index (χ4n) is 4.00. The van der Waals surface area contributed by atoms with Gasteiger partial charge in [0.05, 0.1) is 12.7 Å². The molecule has 2 aromatic carbocycles. The standard InChI is InChI=1S/C27H32N4O2/c1-3-29-13-15-30(16-14-29)20-23-9-11-25(12-10-23)22(2)19-31-27(32)17-26(18-28-31)33-21-24-7-5-4-6-8-24/h4-12,17-18H,2-3,13-16,19-21H2,1H3. The molecule has 172 valence electrons. The number of piperazine rings is 1. The van der Waals surface area contributed by atoms with Crippen LogP contribution in [0.1, 0.15) is 23.6 Å². The largest absolute Gasteiger partial charge is 0.487 e. The minimum absolute atomic E-state index is 0.204. The number of aromatic nitrogens is 2. The lowest BCUT2D eigenvalue weighted by Gasteiger charge is -2.34. The highest BCUT2D eigenvalue weighted by Crippen LogP contribution is 2.17. The van der Waals surface area contributed by atoms with Crippen molar-refractivity contribution in [2.24, 2.45) is 0 Å². The maximum absolute atomic E-state index is 12.5. The highest BCUT2D eigenvalue weighted by atomic mass is 16.5. The molecule has 0 atom stereocenters. The van der Waals surface area contributed by atoms with Crippen LogP contribution >= 0.6 is 0 Å². The van der Waals surface area contributed by atoms with Gasteiger partial charge in [0.2, 0.25) is 0 Å². The SMILES string of the molecule is C=C(Cn1ncc(OCc2ccccc2)cc1=O)c1ccc(CN2CCN(CC)CC2)cc1. The summed E-state index contributed by atoms with van der Waals surface area (Å²) in [7, 11) is 0. The van der Waals surface area contributed by atoms with Crippen molar-refractivity contribution < 1.29 is 4.74 Å². The Kier molecular flexibility index (Phi) is 7.70. The number of hydrogen-bond donors (Lipinski definition) is 0. The number of allylic oxidation sites excluding steroid dienone is 1. The summed E-state index contributed by atoms with van der Waals surface area (Å²) in [5.74, 6) is 0.467. The molecule has 0 bridgehead atoms. The topological polar surface area (TPSA) is 50.6 Å². The molecule has 6 heteroatoms. The third-order valence-corrected chi connectivity index (χ3v) is 6.11. The average molecular weight is 445 g/mol. The van der Waals surface area contributed by atoms with E-state index in [0.29, 0.717) is 18.9 Å². The molecule has 1 fully saturated rings. The molecule has 4 rings (SSSR count). The summed E-state index contributed by atoms with van der Waals surface area (Å²) in [6.07, 6.45) is 1.58. The van der Waals surface area contributed by atoms with Gasteiger partial charge >= 0.3 is 0 Å². The van der Waals surface area contributed by atoms with E-state index in [1.165, 1.54) is 16.3 Å². The van der Waals surface area contributed by atoms with Crippen LogP contribution in [0.5, 0.6) is 5.75 Å². The van der Waals surface area contributed by atoms with E-state index in [9.17, 15) is 4.79 Å². The minimum atomic E-state index is -0.204. The first-order chi connectivity index (χ1) is 16.1. The Hall–Kier alpha value is -3.22. The smallest absolute Gasteiger partial charge is 0.270 e. The van der Waals surface area contributed by atoms with Gasteiger partial charge in [-0.2, -0.15) is 5.10 Å². The highest BCUT2D eigenvalue weighted by Gasteiger charge is 2.15. The van der Waals surface area contributed by atoms with Crippen LogP contribution in [0.25, 0.3) is 5.57 Å². The lowest BCUT2D eigenvalue weighted by molar-refractivity contribution is 0.132. The Morgan fingerprint density at radius 2 is 1.67 bits per heavy atom. The third kappa shape index (κ3) is 6.40. The number of nitrogens with zero attached hydrogens (tertiary/aromatic N) is 4. The fraction of sp³-hybridized carbons (Fsp3) is 0.333. The van der Waals surface area contributed by atoms with Crippen molar-refractivity contribution in [1.29, 1.82) is 0 Å². The molecule has 3 aromatic rings. The second-order valence-electron chi connectivity index (χ2n) is 8.47. The van der Waals surface area contributed by atoms with Gasteiger partial charge in [0.1, 0.15) is 12.4 Å². The van der Waals surface area contributed by atoms with Crippen LogP contribution < -0.4 is 10.3 Å². The van der Waals surface area contributed by atoms with E-state index in [2.05, 4.69) is 52.7 Å². The van der Waals surface area contributed by atoms with Crippen molar-refractivity contribution in [1.82, 2.24) is 19.6 Å². The van der Waals surface area contributed by atoms with Crippen LogP contribution in [0.2, 0.25) is 0 Å². The van der Waals surface area contributed by atoms with Gasteiger partial charge < -0.3 is 9.64 Å². The molecule has 6 nitrogen and oxygen atoms in total. The Labute approximate surface area is 195 Å². The molecular formula is C27H32N4O2. The van der Waals surface area contributed by atoms with Crippen LogP contribution in [-0.2, 0) is 19.7 Å². The average Bonchev–Trinajstić information content (AvgIpc) is 2.86. The first kappa shape index (κ1) is 23.0. The molecule has 2 heterocycles. The number of benzene rings is 2. The van der Waals surface area contributed by atoms with Crippen LogP contribution in [-0.4, -0.2) is 52.3 Å². The Morgan fingerprint density at radius 3 is 2.33 bits per heavy atom. The second-order valence-corrected chi connectivity index (χ2v) is 8.47. The van der Waals surface area contributed by atoms with Gasteiger partial charge in [-0.1, -0.05) is 68.1 Å². The molecule has 0 amide bonds. The molecule has 0 N–H and O–H groups in total. The molecule has 0 spiro atoms. The predicted octanol–water partition coefficient (Wildman–Crippen LogP) is 3.67. The number of hydrogen-bond acceptors (Lipinski definition) is 5. The monoisotopic (exact) mass is 444 g/mol. The van der Waals surface area contributed by atoms with Crippen molar-refractivity contribution in [3.8, 4) is 5.75 Å². The first-order valence-corrected chi connectivity index (χ1v) is 11.6. The van der Waals surface area contributed by atoms with E-state index in [4.69, 9.17) is 4.74 Å². The summed E-state index contributed by atoms with van der Waals surface area (Å²) < 4.78 is 7.12. The van der Waals surface area contributed by atoms with E-state index in [-0.39, 0.29) is 5.56 Å². The summed E-state index contributed by atoms with van der Waals surface area (Å²) in [6.45, 7) is 13.8. The summed E-state index contributed by atoms with van der Waals surface area (Å²) in [4.78, 5) is 17.5. The van der Waals surface area contributed by atoms with Crippen molar-refractivity contribution in [2.75, 3.05) is 32.7 Å². The first-order valence-electron chi connectivity index (χ1n) is 11.6. The fourth-order valence-corrected chi connectivity index (χ4v) is 4.00. The maximum Gasteiger partial charge on any atom is 0.270 e. The van der Waals surface area contributed by atoms with Crippen molar-refractivity contribution >= 4 is 5.57 Å². The number of ether oxygens (including phenoxy) is 1. The van der Waals surface area contributed by atoms with Gasteiger partial charge in [-0.05, 0) is 28.8 Å². The summed E-state index contributed by atoms with van der Waals surface area (Å²) in [6, 6.07) is 19.8. The quantitative estimate of drug-likeness (QED) is 0.504. The lowest BCUT2D eigenvalue weighted by atomic mass is 10.0. The van der Waals surface area contributed by atoms with Gasteiger partial charge in [-0.15, -0.1) is 0 Å². The van der Waals surface area contributed by atoms with Crippen molar-refractivity contribution in [3.05, 3.63) is 100 Å². The lowest BCUT2D eigenvalue weighted by Crippen LogP contribution is -2.45. The zero-order valence-corrected chi connectivity index (χ0v) is 19.3. The molecule has 0 unspecified atom stereocenters. The van der Waals surface area contributed by atoms with Crippen LogP contribution in [0.3, 0.4) is 0 Å². The van der Waals surface area contributed by atoms with Crippen molar-refractivity contribution in [3.63, 3.8) is 0 Å².